The van der Waals surface area contributed by atoms with Gasteiger partial charge >= 0.3 is 6.09 Å². The van der Waals surface area contributed by atoms with Crippen LogP contribution in [0.2, 0.25) is 0 Å². The molecule has 2 aliphatic rings. The van der Waals surface area contributed by atoms with Crippen LogP contribution in [0.3, 0.4) is 0 Å². The molecule has 7 heteroatoms. The molecular formula is C31H41N3O4. The third-order valence-corrected chi connectivity index (χ3v) is 8.12. The van der Waals surface area contributed by atoms with Crippen molar-refractivity contribution in [1.82, 2.24) is 15.5 Å². The Bertz CT molecular complexity index is 1110. The fraction of sp³-hybridized carbons (Fsp3) is 0.516. The molecule has 38 heavy (non-hydrogen) atoms. The van der Waals surface area contributed by atoms with Crippen LogP contribution < -0.4 is 10.6 Å². The van der Waals surface area contributed by atoms with E-state index in [2.05, 4.69) is 27.7 Å². The summed E-state index contributed by atoms with van der Waals surface area (Å²) in [4.78, 5) is 39.2. The molecule has 2 aromatic rings. The first-order valence-electron chi connectivity index (χ1n) is 14.0. The first-order valence-corrected chi connectivity index (χ1v) is 14.0. The zero-order valence-electron chi connectivity index (χ0n) is 22.6. The zero-order chi connectivity index (χ0) is 27.1. The summed E-state index contributed by atoms with van der Waals surface area (Å²) >= 11 is 0. The number of Topliss-reactive ketones (excluding diaryl/α,β-unsaturated/α-hetero) is 1. The van der Waals surface area contributed by atoms with Gasteiger partial charge in [0.15, 0.2) is 5.78 Å². The van der Waals surface area contributed by atoms with Gasteiger partial charge in [-0.2, -0.15) is 0 Å². The molecule has 1 aliphatic heterocycles. The lowest BCUT2D eigenvalue weighted by atomic mass is 9.84. The maximum absolute atomic E-state index is 12.9. The highest BCUT2D eigenvalue weighted by molar-refractivity contribution is 5.97. The molecule has 1 atom stereocenters. The zero-order valence-corrected chi connectivity index (χ0v) is 22.6. The van der Waals surface area contributed by atoms with Crippen LogP contribution in [0.1, 0.15) is 79.0 Å². The van der Waals surface area contributed by atoms with Gasteiger partial charge in [-0.05, 0) is 80.2 Å². The molecule has 2 aromatic carbocycles. The number of hydrogen-bond acceptors (Lipinski definition) is 4. The Kier molecular flexibility index (Phi) is 9.56. The number of hydrogen-bond donors (Lipinski definition) is 3. The van der Waals surface area contributed by atoms with Crippen molar-refractivity contribution < 1.29 is 19.5 Å². The number of nitrogens with one attached hydrogen (secondary N) is 2. The maximum Gasteiger partial charge on any atom is 0.405 e. The smallest absolute Gasteiger partial charge is 0.405 e. The predicted octanol–water partition coefficient (Wildman–Crippen LogP) is 5.00. The second kappa shape index (κ2) is 13.1. The van der Waals surface area contributed by atoms with Crippen LogP contribution in [0.5, 0.6) is 0 Å². The van der Waals surface area contributed by atoms with Gasteiger partial charge in [0.2, 0.25) is 5.91 Å². The van der Waals surface area contributed by atoms with Crippen molar-refractivity contribution >= 4 is 17.8 Å². The third-order valence-electron chi connectivity index (χ3n) is 8.12. The topological polar surface area (TPSA) is 98.7 Å². The minimum absolute atomic E-state index is 0.0189. The highest BCUT2D eigenvalue weighted by Gasteiger charge is 2.28. The molecule has 7 nitrogen and oxygen atoms in total. The van der Waals surface area contributed by atoms with E-state index < -0.39 is 12.1 Å². The number of amides is 2. The van der Waals surface area contributed by atoms with Crippen LogP contribution in [0.4, 0.5) is 4.79 Å². The normalized spacial score (nSPS) is 20.7. The summed E-state index contributed by atoms with van der Waals surface area (Å²) in [5, 5.41) is 14.7. The Balaban J connectivity index is 1.22. The first kappa shape index (κ1) is 27.8. The van der Waals surface area contributed by atoms with E-state index in [1.165, 1.54) is 11.1 Å². The van der Waals surface area contributed by atoms with Gasteiger partial charge in [-0.15, -0.1) is 0 Å². The van der Waals surface area contributed by atoms with Crippen LogP contribution in [0.15, 0.2) is 48.5 Å². The summed E-state index contributed by atoms with van der Waals surface area (Å²) in [7, 11) is 0. The number of rotatable bonds is 9. The molecular weight excluding hydrogens is 478 g/mol. The van der Waals surface area contributed by atoms with Gasteiger partial charge in [0, 0.05) is 30.6 Å². The van der Waals surface area contributed by atoms with Crippen molar-refractivity contribution in [2.24, 2.45) is 11.8 Å². The first-order chi connectivity index (χ1) is 18.3. The largest absolute Gasteiger partial charge is 0.465 e. The Morgan fingerprint density at radius 3 is 2.29 bits per heavy atom. The van der Waals surface area contributed by atoms with Gasteiger partial charge in [0.1, 0.15) is 6.04 Å². The molecule has 4 rings (SSSR count). The van der Waals surface area contributed by atoms with E-state index in [4.69, 9.17) is 0 Å². The van der Waals surface area contributed by atoms with Crippen molar-refractivity contribution in [2.75, 3.05) is 19.6 Å². The lowest BCUT2D eigenvalue weighted by molar-refractivity contribution is -0.124. The van der Waals surface area contributed by atoms with Crippen LogP contribution in [-0.4, -0.2) is 53.5 Å². The van der Waals surface area contributed by atoms with Crippen molar-refractivity contribution in [3.8, 4) is 0 Å². The lowest BCUT2D eigenvalue weighted by Crippen LogP contribution is -2.45. The number of fused-ring (bicyclic) bond motifs is 1. The summed E-state index contributed by atoms with van der Waals surface area (Å²) < 4.78 is 0. The molecule has 1 saturated carbocycles. The molecule has 0 bridgehead atoms. The van der Waals surface area contributed by atoms with E-state index in [0.29, 0.717) is 11.5 Å². The fourth-order valence-corrected chi connectivity index (χ4v) is 5.80. The molecule has 0 unspecified atom stereocenters. The van der Waals surface area contributed by atoms with Crippen molar-refractivity contribution in [2.45, 2.75) is 70.9 Å². The summed E-state index contributed by atoms with van der Waals surface area (Å²) in [5.41, 5.74) is 4.17. The van der Waals surface area contributed by atoms with E-state index in [0.717, 1.165) is 70.1 Å². The third kappa shape index (κ3) is 7.44. The van der Waals surface area contributed by atoms with Crippen molar-refractivity contribution in [1.29, 1.82) is 0 Å². The summed E-state index contributed by atoms with van der Waals surface area (Å²) in [6.07, 6.45) is 5.94. The monoisotopic (exact) mass is 519 g/mol. The van der Waals surface area contributed by atoms with Gasteiger partial charge in [-0.3, -0.25) is 9.59 Å². The number of nitrogens with zero attached hydrogens (tertiary/aromatic N) is 1. The molecule has 0 saturated heterocycles. The number of carbonyl (C=O) groups is 3. The standard InChI is InChI=1S/C31H41N3O4/c1-21(2)29(35)26-11-10-23-15-18-34(19-16-25(23)20-26)17-14-22-8-12-27(13-9-22)32-30(36)28(33-31(37)38)24-6-4-3-5-7-24/h3-7,10-11,20-22,27-28,33H,8-9,12-19H2,1-2H3,(H,32,36)(H,37,38)/t22-,27-,28-/m1/s1. The van der Waals surface area contributed by atoms with E-state index in [1.807, 2.05) is 26.0 Å². The highest BCUT2D eigenvalue weighted by atomic mass is 16.4. The van der Waals surface area contributed by atoms with E-state index in [9.17, 15) is 19.5 Å². The second-order valence-corrected chi connectivity index (χ2v) is 11.2. The van der Waals surface area contributed by atoms with Gasteiger partial charge in [-0.25, -0.2) is 4.79 Å². The molecule has 0 spiro atoms. The van der Waals surface area contributed by atoms with Crippen LogP contribution in [0.25, 0.3) is 0 Å². The van der Waals surface area contributed by atoms with E-state index in [1.54, 1.807) is 24.3 Å². The number of ketones is 1. The average molecular weight is 520 g/mol. The minimum atomic E-state index is -1.21. The quantitative estimate of drug-likeness (QED) is 0.405. The molecule has 0 aromatic heterocycles. The summed E-state index contributed by atoms with van der Waals surface area (Å²) in [6, 6.07) is 14.4. The molecule has 1 fully saturated rings. The molecule has 1 heterocycles. The highest BCUT2D eigenvalue weighted by Crippen LogP contribution is 2.28. The maximum atomic E-state index is 12.9. The number of benzene rings is 2. The minimum Gasteiger partial charge on any atom is -0.465 e. The number of carboxylic acid groups (broad SMARTS) is 1. The van der Waals surface area contributed by atoms with Gasteiger partial charge < -0.3 is 20.6 Å². The van der Waals surface area contributed by atoms with Crippen LogP contribution in [-0.2, 0) is 17.6 Å². The molecule has 204 valence electrons. The number of carbonyl (C=O) groups excluding carboxylic acids is 2. The van der Waals surface area contributed by atoms with Gasteiger partial charge in [0.05, 0.1) is 0 Å². The molecule has 1 aliphatic carbocycles. The molecule has 3 N–H and O–H groups in total. The van der Waals surface area contributed by atoms with Crippen molar-refractivity contribution in [3.05, 3.63) is 70.8 Å². The summed E-state index contributed by atoms with van der Waals surface area (Å²) in [6.45, 7) is 7.05. The van der Waals surface area contributed by atoms with E-state index in [-0.39, 0.29) is 23.7 Å². The Labute approximate surface area is 226 Å². The van der Waals surface area contributed by atoms with Gasteiger partial charge in [-0.1, -0.05) is 56.3 Å². The predicted molar refractivity (Wildman–Crippen MR) is 148 cm³/mol. The summed E-state index contributed by atoms with van der Waals surface area (Å²) in [5.74, 6) is 0.593. The Morgan fingerprint density at radius 2 is 1.63 bits per heavy atom. The molecule has 2 amide bonds. The molecule has 0 radical (unpaired) electrons. The fourth-order valence-electron chi connectivity index (χ4n) is 5.80. The Morgan fingerprint density at radius 1 is 0.947 bits per heavy atom. The second-order valence-electron chi connectivity index (χ2n) is 11.2. The SMILES string of the molecule is CC(C)C(=O)c1ccc2c(c1)CCN(CC[C@H]1CC[C@H](NC(=O)[C@H](NC(=O)O)c3ccccc3)CC1)CC2. The van der Waals surface area contributed by atoms with Gasteiger partial charge in [0.25, 0.3) is 0 Å². The lowest BCUT2D eigenvalue weighted by Gasteiger charge is -2.31. The Hall–Kier alpha value is -3.19. The van der Waals surface area contributed by atoms with E-state index >= 15 is 0 Å². The van der Waals surface area contributed by atoms with Crippen LogP contribution in [0, 0.1) is 11.8 Å². The van der Waals surface area contributed by atoms with Crippen LogP contribution >= 0.6 is 0 Å². The van der Waals surface area contributed by atoms with Crippen molar-refractivity contribution in [3.63, 3.8) is 0 Å². The average Bonchev–Trinajstić information content (AvgIpc) is 3.13.